The molecule has 1 N–H and O–H groups in total. The number of carbonyl (C=O) groups is 1. The van der Waals surface area contributed by atoms with Crippen LogP contribution in [0.2, 0.25) is 0 Å². The molecule has 0 aromatic carbocycles. The highest BCUT2D eigenvalue weighted by molar-refractivity contribution is 5.80. The van der Waals surface area contributed by atoms with E-state index in [0.29, 0.717) is 12.0 Å². The van der Waals surface area contributed by atoms with Crippen LogP contribution in [0.3, 0.4) is 0 Å². The van der Waals surface area contributed by atoms with Crippen molar-refractivity contribution in [2.45, 2.75) is 45.2 Å². The molecule has 1 aliphatic rings. The topological polar surface area (TPSA) is 41.6 Å². The van der Waals surface area contributed by atoms with Crippen LogP contribution in [0.25, 0.3) is 0 Å². The Balaban J connectivity index is 2.71. The van der Waals surface area contributed by atoms with Gasteiger partial charge in [-0.2, -0.15) is 0 Å². The number of methoxy groups -OCH3 is 1. The van der Waals surface area contributed by atoms with Gasteiger partial charge >= 0.3 is 5.97 Å². The van der Waals surface area contributed by atoms with Crippen LogP contribution in [0.5, 0.6) is 0 Å². The van der Waals surface area contributed by atoms with Gasteiger partial charge in [0.05, 0.1) is 7.11 Å². The minimum Gasteiger partial charge on any atom is -0.468 e. The molecule has 1 rings (SSSR count). The Morgan fingerprint density at radius 1 is 1.59 bits per heavy atom. The maximum atomic E-state index is 11.8. The number of nitrogens with zero attached hydrogens (tertiary/aromatic N) is 1. The highest BCUT2D eigenvalue weighted by atomic mass is 16.5. The van der Waals surface area contributed by atoms with Crippen LogP contribution in [0.1, 0.15) is 33.6 Å². The first-order chi connectivity index (χ1) is 7.94. The Labute approximate surface area is 105 Å². The van der Waals surface area contributed by atoms with Crippen LogP contribution in [-0.4, -0.2) is 49.7 Å². The van der Waals surface area contributed by atoms with Crippen molar-refractivity contribution in [2.24, 2.45) is 5.92 Å². The van der Waals surface area contributed by atoms with Crippen molar-refractivity contribution in [1.82, 2.24) is 10.2 Å². The Bertz CT molecular complexity index is 268. The maximum Gasteiger partial charge on any atom is 0.327 e. The predicted molar refractivity (Wildman–Crippen MR) is 68.9 cm³/mol. The zero-order valence-corrected chi connectivity index (χ0v) is 11.7. The number of nitrogens with one attached hydrogen (secondary N) is 1. The van der Waals surface area contributed by atoms with E-state index in [-0.39, 0.29) is 5.97 Å². The number of hydrogen-bond acceptors (Lipinski definition) is 4. The van der Waals surface area contributed by atoms with Gasteiger partial charge in [-0.3, -0.25) is 9.69 Å². The van der Waals surface area contributed by atoms with Crippen LogP contribution < -0.4 is 5.32 Å². The molecule has 2 atom stereocenters. The molecule has 0 amide bonds. The average molecular weight is 242 g/mol. The number of likely N-dealkylation sites (tertiary alicyclic amines) is 1. The Morgan fingerprint density at radius 3 is 2.71 bits per heavy atom. The van der Waals surface area contributed by atoms with E-state index in [0.717, 1.165) is 13.1 Å². The highest BCUT2D eigenvalue weighted by Crippen LogP contribution is 2.25. The quantitative estimate of drug-likeness (QED) is 0.737. The Morgan fingerprint density at radius 2 is 2.24 bits per heavy atom. The van der Waals surface area contributed by atoms with Gasteiger partial charge in [0.1, 0.15) is 5.54 Å². The van der Waals surface area contributed by atoms with Crippen LogP contribution in [0.4, 0.5) is 0 Å². The lowest BCUT2D eigenvalue weighted by Crippen LogP contribution is -2.57. The number of esters is 1. The van der Waals surface area contributed by atoms with E-state index in [4.69, 9.17) is 4.74 Å². The van der Waals surface area contributed by atoms with E-state index in [2.05, 4.69) is 24.1 Å². The average Bonchev–Trinajstić information content (AvgIpc) is 2.75. The standard InChI is InChI=1S/C13H26N2O2/c1-10(2)11-7-6-8-15(11)9-13(3,14-4)12(16)17-5/h10-11,14H,6-9H2,1-5H3. The molecule has 17 heavy (non-hydrogen) atoms. The third-order valence-corrected chi connectivity index (χ3v) is 3.89. The van der Waals surface area contributed by atoms with Crippen molar-refractivity contribution in [1.29, 1.82) is 0 Å². The first kappa shape index (κ1) is 14.5. The van der Waals surface area contributed by atoms with Gasteiger partial charge in [0, 0.05) is 12.6 Å². The van der Waals surface area contributed by atoms with E-state index in [1.165, 1.54) is 20.0 Å². The fourth-order valence-electron chi connectivity index (χ4n) is 2.68. The van der Waals surface area contributed by atoms with Crippen LogP contribution in [-0.2, 0) is 9.53 Å². The van der Waals surface area contributed by atoms with Gasteiger partial charge in [0.25, 0.3) is 0 Å². The molecule has 1 saturated heterocycles. The highest BCUT2D eigenvalue weighted by Gasteiger charge is 2.38. The van der Waals surface area contributed by atoms with Crippen LogP contribution in [0, 0.1) is 5.92 Å². The van der Waals surface area contributed by atoms with Crippen molar-refractivity contribution in [2.75, 3.05) is 27.2 Å². The first-order valence-electron chi connectivity index (χ1n) is 6.46. The molecule has 0 aromatic rings. The number of rotatable bonds is 5. The van der Waals surface area contributed by atoms with E-state index in [1.54, 1.807) is 0 Å². The predicted octanol–water partition coefficient (Wildman–Crippen LogP) is 1.26. The zero-order valence-electron chi connectivity index (χ0n) is 11.7. The number of hydrogen-bond donors (Lipinski definition) is 1. The van der Waals surface area contributed by atoms with Gasteiger partial charge in [-0.25, -0.2) is 0 Å². The number of ether oxygens (including phenoxy) is 1. The molecule has 1 fully saturated rings. The molecule has 100 valence electrons. The summed E-state index contributed by atoms with van der Waals surface area (Å²) in [6.45, 7) is 8.21. The molecule has 0 aliphatic carbocycles. The Hall–Kier alpha value is -0.610. The SMILES string of the molecule is CNC(C)(CN1CCCC1C(C)C)C(=O)OC. The van der Waals surface area contributed by atoms with Crippen molar-refractivity contribution in [3.05, 3.63) is 0 Å². The molecule has 0 aromatic heterocycles. The van der Waals surface area contributed by atoms with Gasteiger partial charge in [0.15, 0.2) is 0 Å². The molecule has 1 aliphatic heterocycles. The molecule has 0 spiro atoms. The minimum atomic E-state index is -0.605. The summed E-state index contributed by atoms with van der Waals surface area (Å²) in [5, 5.41) is 3.10. The fraction of sp³-hybridized carbons (Fsp3) is 0.923. The van der Waals surface area contributed by atoms with Crippen molar-refractivity contribution in [3.8, 4) is 0 Å². The van der Waals surface area contributed by atoms with E-state index in [9.17, 15) is 4.79 Å². The summed E-state index contributed by atoms with van der Waals surface area (Å²) in [4.78, 5) is 14.2. The fourth-order valence-corrected chi connectivity index (χ4v) is 2.68. The lowest BCUT2D eigenvalue weighted by Gasteiger charge is -2.35. The molecule has 1 heterocycles. The van der Waals surface area contributed by atoms with Crippen molar-refractivity contribution < 1.29 is 9.53 Å². The van der Waals surface area contributed by atoms with Crippen molar-refractivity contribution >= 4 is 5.97 Å². The molecule has 0 bridgehead atoms. The maximum absolute atomic E-state index is 11.8. The number of carbonyl (C=O) groups excluding carboxylic acids is 1. The number of likely N-dealkylation sites (N-methyl/N-ethyl adjacent to an activating group) is 1. The zero-order chi connectivity index (χ0) is 13.1. The summed E-state index contributed by atoms with van der Waals surface area (Å²) in [5.74, 6) is 0.450. The largest absolute Gasteiger partial charge is 0.468 e. The summed E-state index contributed by atoms with van der Waals surface area (Å²) in [7, 11) is 3.26. The summed E-state index contributed by atoms with van der Waals surface area (Å²) in [5.41, 5.74) is -0.605. The Kier molecular flexibility index (Phi) is 4.95. The van der Waals surface area contributed by atoms with E-state index in [1.807, 2.05) is 14.0 Å². The third-order valence-electron chi connectivity index (χ3n) is 3.89. The molecule has 4 heteroatoms. The van der Waals surface area contributed by atoms with Gasteiger partial charge < -0.3 is 10.1 Å². The molecular formula is C13H26N2O2. The lowest BCUT2D eigenvalue weighted by atomic mass is 9.98. The second kappa shape index (κ2) is 5.83. The monoisotopic (exact) mass is 242 g/mol. The minimum absolute atomic E-state index is 0.186. The lowest BCUT2D eigenvalue weighted by molar-refractivity contribution is -0.148. The third kappa shape index (κ3) is 3.19. The summed E-state index contributed by atoms with van der Waals surface area (Å²) in [6.07, 6.45) is 2.46. The van der Waals surface area contributed by atoms with Crippen LogP contribution >= 0.6 is 0 Å². The van der Waals surface area contributed by atoms with Crippen molar-refractivity contribution in [3.63, 3.8) is 0 Å². The van der Waals surface area contributed by atoms with E-state index < -0.39 is 5.54 Å². The van der Waals surface area contributed by atoms with Gasteiger partial charge in [-0.15, -0.1) is 0 Å². The second-order valence-electron chi connectivity index (χ2n) is 5.50. The first-order valence-corrected chi connectivity index (χ1v) is 6.46. The van der Waals surface area contributed by atoms with Gasteiger partial charge in [-0.05, 0) is 39.3 Å². The molecule has 4 nitrogen and oxygen atoms in total. The van der Waals surface area contributed by atoms with Gasteiger partial charge in [-0.1, -0.05) is 13.8 Å². The smallest absolute Gasteiger partial charge is 0.327 e. The van der Waals surface area contributed by atoms with Gasteiger partial charge in [0.2, 0.25) is 0 Å². The molecular weight excluding hydrogens is 216 g/mol. The summed E-state index contributed by atoms with van der Waals surface area (Å²) in [6, 6.07) is 0.590. The summed E-state index contributed by atoms with van der Waals surface area (Å²) < 4.78 is 4.88. The second-order valence-corrected chi connectivity index (χ2v) is 5.50. The summed E-state index contributed by atoms with van der Waals surface area (Å²) >= 11 is 0. The van der Waals surface area contributed by atoms with E-state index >= 15 is 0 Å². The molecule has 0 saturated carbocycles. The molecule has 0 radical (unpaired) electrons. The molecule has 2 unspecified atom stereocenters. The normalized spacial score (nSPS) is 24.9. The van der Waals surface area contributed by atoms with Crippen LogP contribution in [0.15, 0.2) is 0 Å².